The SMILES string of the molecule is Cc1cc(N)nc(-c2ccccc2C2CC2)n1. The van der Waals surface area contributed by atoms with Gasteiger partial charge < -0.3 is 5.73 Å². The molecule has 17 heavy (non-hydrogen) atoms. The average Bonchev–Trinajstić information content (AvgIpc) is 3.11. The van der Waals surface area contributed by atoms with Gasteiger partial charge in [-0.1, -0.05) is 24.3 Å². The Morgan fingerprint density at radius 3 is 2.65 bits per heavy atom. The molecule has 2 aromatic rings. The Morgan fingerprint density at radius 2 is 1.94 bits per heavy atom. The number of nitrogens with two attached hydrogens (primary N) is 1. The quantitative estimate of drug-likeness (QED) is 0.855. The lowest BCUT2D eigenvalue weighted by Gasteiger charge is -2.08. The number of aromatic nitrogens is 2. The summed E-state index contributed by atoms with van der Waals surface area (Å²) in [6.07, 6.45) is 2.55. The van der Waals surface area contributed by atoms with Crippen LogP contribution in [0.15, 0.2) is 30.3 Å². The fourth-order valence-corrected chi connectivity index (χ4v) is 2.16. The molecule has 86 valence electrons. The van der Waals surface area contributed by atoms with Gasteiger partial charge in [-0.2, -0.15) is 0 Å². The molecule has 0 saturated heterocycles. The smallest absolute Gasteiger partial charge is 0.162 e. The Kier molecular flexibility index (Phi) is 2.32. The third kappa shape index (κ3) is 2.00. The van der Waals surface area contributed by atoms with Crippen molar-refractivity contribution in [2.24, 2.45) is 0 Å². The standard InChI is InChI=1S/C14H15N3/c1-9-8-13(15)17-14(16-9)12-5-3-2-4-11(12)10-6-7-10/h2-5,8,10H,6-7H2,1H3,(H2,15,16,17). The molecule has 3 nitrogen and oxygen atoms in total. The highest BCUT2D eigenvalue weighted by Crippen LogP contribution is 2.43. The molecule has 1 heterocycles. The zero-order valence-electron chi connectivity index (χ0n) is 9.85. The highest BCUT2D eigenvalue weighted by Gasteiger charge is 2.26. The van der Waals surface area contributed by atoms with Gasteiger partial charge in [0, 0.05) is 17.3 Å². The molecule has 1 aliphatic rings. The summed E-state index contributed by atoms with van der Waals surface area (Å²) in [5.74, 6) is 1.99. The fraction of sp³-hybridized carbons (Fsp3) is 0.286. The molecule has 0 bridgehead atoms. The molecule has 3 heteroatoms. The van der Waals surface area contributed by atoms with Crippen LogP contribution in [-0.4, -0.2) is 9.97 Å². The zero-order chi connectivity index (χ0) is 11.8. The van der Waals surface area contributed by atoms with Crippen LogP contribution in [0.1, 0.15) is 30.0 Å². The molecule has 0 unspecified atom stereocenters. The van der Waals surface area contributed by atoms with E-state index in [0.29, 0.717) is 11.7 Å². The zero-order valence-corrected chi connectivity index (χ0v) is 9.85. The second kappa shape index (κ2) is 3.84. The largest absolute Gasteiger partial charge is 0.384 e. The minimum Gasteiger partial charge on any atom is -0.384 e. The Morgan fingerprint density at radius 1 is 1.18 bits per heavy atom. The second-order valence-electron chi connectivity index (χ2n) is 4.62. The van der Waals surface area contributed by atoms with E-state index < -0.39 is 0 Å². The van der Waals surface area contributed by atoms with Gasteiger partial charge in [0.1, 0.15) is 5.82 Å². The van der Waals surface area contributed by atoms with Crippen LogP contribution in [0.5, 0.6) is 0 Å². The number of anilines is 1. The lowest BCUT2D eigenvalue weighted by Crippen LogP contribution is -1.99. The third-order valence-corrected chi connectivity index (χ3v) is 3.09. The average molecular weight is 225 g/mol. The minimum absolute atomic E-state index is 0.540. The maximum absolute atomic E-state index is 5.79. The fourth-order valence-electron chi connectivity index (χ4n) is 2.16. The van der Waals surface area contributed by atoms with Crippen molar-refractivity contribution in [3.8, 4) is 11.4 Å². The van der Waals surface area contributed by atoms with Crippen molar-refractivity contribution in [3.05, 3.63) is 41.6 Å². The molecule has 2 N–H and O–H groups in total. The summed E-state index contributed by atoms with van der Waals surface area (Å²) in [6.45, 7) is 1.95. The van der Waals surface area contributed by atoms with E-state index >= 15 is 0 Å². The monoisotopic (exact) mass is 225 g/mol. The van der Waals surface area contributed by atoms with E-state index in [4.69, 9.17) is 5.73 Å². The van der Waals surface area contributed by atoms with Crippen LogP contribution < -0.4 is 5.73 Å². The van der Waals surface area contributed by atoms with Gasteiger partial charge in [-0.05, 0) is 31.2 Å². The maximum Gasteiger partial charge on any atom is 0.162 e. The molecule has 0 atom stereocenters. The summed E-state index contributed by atoms with van der Waals surface area (Å²) in [5.41, 5.74) is 9.19. The summed E-state index contributed by atoms with van der Waals surface area (Å²) in [4.78, 5) is 8.83. The number of aryl methyl sites for hydroxylation is 1. The van der Waals surface area contributed by atoms with Crippen LogP contribution in [-0.2, 0) is 0 Å². The minimum atomic E-state index is 0.540. The van der Waals surface area contributed by atoms with Gasteiger partial charge >= 0.3 is 0 Å². The molecule has 0 spiro atoms. The first-order chi connectivity index (χ1) is 8.24. The number of benzene rings is 1. The van der Waals surface area contributed by atoms with E-state index in [1.807, 2.05) is 13.0 Å². The molecule has 3 rings (SSSR count). The topological polar surface area (TPSA) is 51.8 Å². The molecule has 1 saturated carbocycles. The predicted octanol–water partition coefficient (Wildman–Crippen LogP) is 2.91. The Balaban J connectivity index is 2.14. The van der Waals surface area contributed by atoms with Crippen molar-refractivity contribution >= 4 is 5.82 Å². The number of rotatable bonds is 2. The Bertz CT molecular complexity index is 539. The van der Waals surface area contributed by atoms with E-state index in [-0.39, 0.29) is 0 Å². The first kappa shape index (κ1) is 10.3. The van der Waals surface area contributed by atoms with Crippen molar-refractivity contribution in [2.75, 3.05) is 5.73 Å². The van der Waals surface area contributed by atoms with Gasteiger partial charge in [-0.15, -0.1) is 0 Å². The molecule has 0 radical (unpaired) electrons. The summed E-state index contributed by atoms with van der Waals surface area (Å²) in [5, 5.41) is 0. The predicted molar refractivity (Wildman–Crippen MR) is 68.6 cm³/mol. The molecular formula is C14H15N3. The van der Waals surface area contributed by atoms with E-state index in [0.717, 1.165) is 17.1 Å². The lowest BCUT2D eigenvalue weighted by atomic mass is 10.0. The molecule has 1 aromatic heterocycles. The van der Waals surface area contributed by atoms with Crippen LogP contribution in [0.2, 0.25) is 0 Å². The first-order valence-corrected chi connectivity index (χ1v) is 5.94. The van der Waals surface area contributed by atoms with E-state index in [2.05, 4.69) is 28.2 Å². The van der Waals surface area contributed by atoms with Crippen LogP contribution in [0.3, 0.4) is 0 Å². The highest BCUT2D eigenvalue weighted by atomic mass is 14.9. The summed E-state index contributed by atoms with van der Waals surface area (Å²) in [7, 11) is 0. The normalized spacial score (nSPS) is 14.9. The third-order valence-electron chi connectivity index (χ3n) is 3.09. The van der Waals surface area contributed by atoms with Crippen molar-refractivity contribution in [2.45, 2.75) is 25.7 Å². The van der Waals surface area contributed by atoms with Gasteiger partial charge in [0.15, 0.2) is 5.82 Å². The first-order valence-electron chi connectivity index (χ1n) is 5.94. The van der Waals surface area contributed by atoms with Crippen molar-refractivity contribution in [1.29, 1.82) is 0 Å². The van der Waals surface area contributed by atoms with Crippen molar-refractivity contribution in [1.82, 2.24) is 9.97 Å². The molecule has 0 amide bonds. The summed E-state index contributed by atoms with van der Waals surface area (Å²) in [6, 6.07) is 10.2. The second-order valence-corrected chi connectivity index (χ2v) is 4.62. The van der Waals surface area contributed by atoms with Gasteiger partial charge in [-0.3, -0.25) is 0 Å². The number of nitrogen functional groups attached to an aromatic ring is 1. The molecule has 1 fully saturated rings. The summed E-state index contributed by atoms with van der Waals surface area (Å²) < 4.78 is 0. The van der Waals surface area contributed by atoms with Gasteiger partial charge in [0.25, 0.3) is 0 Å². The van der Waals surface area contributed by atoms with Crippen LogP contribution in [0.4, 0.5) is 5.82 Å². The van der Waals surface area contributed by atoms with Gasteiger partial charge in [0.2, 0.25) is 0 Å². The Labute approximate surface area is 101 Å². The van der Waals surface area contributed by atoms with E-state index in [1.54, 1.807) is 6.07 Å². The van der Waals surface area contributed by atoms with Gasteiger partial charge in [-0.25, -0.2) is 9.97 Å². The molecular weight excluding hydrogens is 210 g/mol. The number of hydrogen-bond donors (Lipinski definition) is 1. The van der Waals surface area contributed by atoms with E-state index in [9.17, 15) is 0 Å². The van der Waals surface area contributed by atoms with Gasteiger partial charge in [0.05, 0.1) is 0 Å². The van der Waals surface area contributed by atoms with Crippen LogP contribution in [0.25, 0.3) is 11.4 Å². The van der Waals surface area contributed by atoms with Crippen molar-refractivity contribution in [3.63, 3.8) is 0 Å². The van der Waals surface area contributed by atoms with Crippen molar-refractivity contribution < 1.29 is 0 Å². The molecule has 1 aromatic carbocycles. The molecule has 0 aliphatic heterocycles. The van der Waals surface area contributed by atoms with Crippen LogP contribution in [0, 0.1) is 6.92 Å². The highest BCUT2D eigenvalue weighted by molar-refractivity contribution is 5.63. The lowest BCUT2D eigenvalue weighted by molar-refractivity contribution is 1.08. The van der Waals surface area contributed by atoms with Crippen LogP contribution >= 0.6 is 0 Å². The Hall–Kier alpha value is -1.90. The maximum atomic E-state index is 5.79. The molecule has 1 aliphatic carbocycles. The number of hydrogen-bond acceptors (Lipinski definition) is 3. The summed E-state index contributed by atoms with van der Waals surface area (Å²) >= 11 is 0. The number of nitrogens with zero attached hydrogens (tertiary/aromatic N) is 2. The van der Waals surface area contributed by atoms with E-state index in [1.165, 1.54) is 18.4 Å².